The number of H-pyrrole nitrogens is 1. The minimum Gasteiger partial charge on any atom is -0.237 e. The van der Waals surface area contributed by atoms with Crippen LogP contribution < -0.4 is 0 Å². The van der Waals surface area contributed by atoms with Gasteiger partial charge in [-0.1, -0.05) is 23.7 Å². The Kier molecular flexibility index (Phi) is 3.76. The number of rotatable bonds is 4. The Bertz CT molecular complexity index is 962. The van der Waals surface area contributed by atoms with Gasteiger partial charge in [0.1, 0.15) is 0 Å². The highest BCUT2D eigenvalue weighted by Crippen LogP contribution is 2.17. The van der Waals surface area contributed by atoms with Crippen molar-refractivity contribution in [2.75, 3.05) is 0 Å². The molecule has 0 amide bonds. The summed E-state index contributed by atoms with van der Waals surface area (Å²) < 4.78 is 1.73. The van der Waals surface area contributed by atoms with Crippen LogP contribution >= 0.6 is 11.6 Å². The first-order valence-electron chi connectivity index (χ1n) is 7.27. The molecule has 8 heteroatoms. The van der Waals surface area contributed by atoms with Crippen molar-refractivity contribution in [3.63, 3.8) is 0 Å². The van der Waals surface area contributed by atoms with Crippen molar-refractivity contribution in [3.8, 4) is 17.2 Å². The highest BCUT2D eigenvalue weighted by Gasteiger charge is 2.08. The van der Waals surface area contributed by atoms with Gasteiger partial charge in [0.25, 0.3) is 0 Å². The molecule has 3 heterocycles. The summed E-state index contributed by atoms with van der Waals surface area (Å²) in [7, 11) is 0. The van der Waals surface area contributed by atoms with Crippen LogP contribution in [0.3, 0.4) is 0 Å². The minimum atomic E-state index is 0.518. The molecule has 0 saturated carbocycles. The highest BCUT2D eigenvalue weighted by atomic mass is 35.5. The summed E-state index contributed by atoms with van der Waals surface area (Å²) in [6.45, 7) is 0. The molecule has 0 aliphatic rings. The SMILES string of the molecule is Clc1cccc(Cc2ccn(-c3cc(-c4nn[nH]n4)ccn3)n2)c1. The maximum absolute atomic E-state index is 6.02. The van der Waals surface area contributed by atoms with Crippen molar-refractivity contribution in [3.05, 3.63) is 71.1 Å². The Morgan fingerprint density at radius 2 is 2.08 bits per heavy atom. The Hall–Kier alpha value is -3.06. The fourth-order valence-electron chi connectivity index (χ4n) is 2.41. The number of pyridine rings is 1. The number of hydrogen-bond acceptors (Lipinski definition) is 5. The summed E-state index contributed by atoms with van der Waals surface area (Å²) in [6.07, 6.45) is 4.28. The summed E-state index contributed by atoms with van der Waals surface area (Å²) >= 11 is 6.02. The molecule has 0 aliphatic carbocycles. The highest BCUT2D eigenvalue weighted by molar-refractivity contribution is 6.30. The van der Waals surface area contributed by atoms with E-state index in [1.165, 1.54) is 0 Å². The van der Waals surface area contributed by atoms with Crippen LogP contribution in [0, 0.1) is 0 Å². The Balaban J connectivity index is 1.60. The van der Waals surface area contributed by atoms with Crippen LogP contribution in [0.15, 0.2) is 54.9 Å². The number of nitrogens with one attached hydrogen (secondary N) is 1. The molecule has 1 N–H and O–H groups in total. The third kappa shape index (κ3) is 3.02. The van der Waals surface area contributed by atoms with Crippen molar-refractivity contribution < 1.29 is 0 Å². The average molecular weight is 338 g/mol. The topological polar surface area (TPSA) is 85.2 Å². The summed E-state index contributed by atoms with van der Waals surface area (Å²) in [4.78, 5) is 4.35. The number of nitrogens with zero attached hydrogens (tertiary/aromatic N) is 6. The van der Waals surface area contributed by atoms with Crippen LogP contribution in [0.1, 0.15) is 11.3 Å². The van der Waals surface area contributed by atoms with E-state index in [1.807, 2.05) is 48.7 Å². The molecule has 0 bridgehead atoms. The zero-order chi connectivity index (χ0) is 16.4. The van der Waals surface area contributed by atoms with Crippen molar-refractivity contribution in [2.45, 2.75) is 6.42 Å². The predicted octanol–water partition coefficient (Wildman–Crippen LogP) is 2.69. The van der Waals surface area contributed by atoms with Crippen LogP contribution in [0.4, 0.5) is 0 Å². The number of benzene rings is 1. The van der Waals surface area contributed by atoms with Crippen LogP contribution in [0.5, 0.6) is 0 Å². The molecular weight excluding hydrogens is 326 g/mol. The summed E-state index contributed by atoms with van der Waals surface area (Å²) in [6, 6.07) is 13.4. The quantitative estimate of drug-likeness (QED) is 0.619. The maximum Gasteiger partial charge on any atom is 0.204 e. The van der Waals surface area contributed by atoms with E-state index in [0.29, 0.717) is 18.1 Å². The fraction of sp³-hybridized carbons (Fsp3) is 0.0625. The third-order valence-electron chi connectivity index (χ3n) is 3.50. The molecular formula is C16H12ClN7. The second-order valence-electron chi connectivity index (χ2n) is 5.20. The largest absolute Gasteiger partial charge is 0.237 e. The van der Waals surface area contributed by atoms with Crippen molar-refractivity contribution in [1.82, 2.24) is 35.4 Å². The van der Waals surface area contributed by atoms with Crippen molar-refractivity contribution in [1.29, 1.82) is 0 Å². The number of halogens is 1. The smallest absolute Gasteiger partial charge is 0.204 e. The second-order valence-corrected chi connectivity index (χ2v) is 5.63. The molecule has 24 heavy (non-hydrogen) atoms. The van der Waals surface area contributed by atoms with Gasteiger partial charge in [0.15, 0.2) is 5.82 Å². The van der Waals surface area contributed by atoms with Gasteiger partial charge in [-0.25, -0.2) is 9.67 Å². The van der Waals surface area contributed by atoms with Gasteiger partial charge in [-0.2, -0.15) is 10.3 Å². The van der Waals surface area contributed by atoms with E-state index in [4.69, 9.17) is 11.6 Å². The van der Waals surface area contributed by atoms with Crippen molar-refractivity contribution in [2.24, 2.45) is 0 Å². The van der Waals surface area contributed by atoms with Crippen LogP contribution in [-0.2, 0) is 6.42 Å². The lowest BCUT2D eigenvalue weighted by atomic mass is 10.1. The molecule has 3 aromatic heterocycles. The molecule has 4 aromatic rings. The molecule has 0 aliphatic heterocycles. The van der Waals surface area contributed by atoms with Crippen LogP contribution in [0.2, 0.25) is 5.02 Å². The fourth-order valence-corrected chi connectivity index (χ4v) is 2.62. The van der Waals surface area contributed by atoms with E-state index in [-0.39, 0.29) is 0 Å². The van der Waals surface area contributed by atoms with Gasteiger partial charge < -0.3 is 0 Å². The maximum atomic E-state index is 6.02. The molecule has 0 radical (unpaired) electrons. The normalized spacial score (nSPS) is 10.9. The van der Waals surface area contributed by atoms with E-state index in [0.717, 1.165) is 21.8 Å². The monoisotopic (exact) mass is 337 g/mol. The zero-order valence-electron chi connectivity index (χ0n) is 12.5. The first-order valence-corrected chi connectivity index (χ1v) is 7.65. The molecule has 0 atom stereocenters. The Labute approximate surface area is 142 Å². The molecule has 0 saturated heterocycles. The predicted molar refractivity (Wildman–Crippen MR) is 88.8 cm³/mol. The minimum absolute atomic E-state index is 0.518. The van der Waals surface area contributed by atoms with Crippen LogP contribution in [-0.4, -0.2) is 35.4 Å². The van der Waals surface area contributed by atoms with Gasteiger partial charge in [-0.15, -0.1) is 10.2 Å². The summed E-state index contributed by atoms with van der Waals surface area (Å²) in [5, 5.41) is 19.3. The van der Waals surface area contributed by atoms with Gasteiger partial charge in [-0.3, -0.25) is 0 Å². The standard InChI is InChI=1S/C16H12ClN7/c17-13-3-1-2-11(8-13)9-14-5-7-24(21-14)15-10-12(4-6-18-15)16-19-22-23-20-16/h1-8,10H,9H2,(H,19,20,22,23). The molecule has 0 spiro atoms. The van der Waals surface area contributed by atoms with E-state index >= 15 is 0 Å². The zero-order valence-corrected chi connectivity index (χ0v) is 13.2. The van der Waals surface area contributed by atoms with Crippen molar-refractivity contribution >= 4 is 11.6 Å². The van der Waals surface area contributed by atoms with Gasteiger partial charge in [0.05, 0.1) is 5.69 Å². The van der Waals surface area contributed by atoms with E-state index in [2.05, 4.69) is 30.7 Å². The first-order chi connectivity index (χ1) is 11.8. The summed E-state index contributed by atoms with van der Waals surface area (Å²) in [5.74, 6) is 1.21. The van der Waals surface area contributed by atoms with E-state index in [9.17, 15) is 0 Å². The number of hydrogen-bond donors (Lipinski definition) is 1. The summed E-state index contributed by atoms with van der Waals surface area (Å²) in [5.41, 5.74) is 2.87. The lowest BCUT2D eigenvalue weighted by molar-refractivity contribution is 0.821. The Morgan fingerprint density at radius 3 is 2.92 bits per heavy atom. The third-order valence-corrected chi connectivity index (χ3v) is 3.74. The first kappa shape index (κ1) is 14.5. The molecule has 7 nitrogen and oxygen atoms in total. The lowest BCUT2D eigenvalue weighted by Gasteiger charge is -2.02. The van der Waals surface area contributed by atoms with Gasteiger partial charge in [-0.05, 0) is 41.1 Å². The van der Waals surface area contributed by atoms with E-state index < -0.39 is 0 Å². The molecule has 4 rings (SSSR count). The molecule has 0 unspecified atom stereocenters. The van der Waals surface area contributed by atoms with E-state index in [1.54, 1.807) is 10.9 Å². The Morgan fingerprint density at radius 1 is 1.12 bits per heavy atom. The number of aromatic amines is 1. The van der Waals surface area contributed by atoms with Gasteiger partial charge >= 0.3 is 0 Å². The number of tetrazole rings is 1. The molecule has 118 valence electrons. The van der Waals surface area contributed by atoms with Crippen LogP contribution in [0.25, 0.3) is 17.2 Å². The van der Waals surface area contributed by atoms with Gasteiger partial charge in [0, 0.05) is 29.4 Å². The van der Waals surface area contributed by atoms with Gasteiger partial charge in [0.2, 0.25) is 5.82 Å². The number of aromatic nitrogens is 7. The molecule has 1 aromatic carbocycles. The molecule has 0 fully saturated rings. The average Bonchev–Trinajstić information content (AvgIpc) is 3.27. The lowest BCUT2D eigenvalue weighted by Crippen LogP contribution is -2.00. The second kappa shape index (κ2) is 6.21.